The summed E-state index contributed by atoms with van der Waals surface area (Å²) in [6.07, 6.45) is -5.08. The fourth-order valence-electron chi connectivity index (χ4n) is 4.87. The van der Waals surface area contributed by atoms with Crippen LogP contribution in [0.1, 0.15) is 32.3 Å². The highest BCUT2D eigenvalue weighted by Gasteiger charge is 2.49. The number of nitrogens with one attached hydrogen (secondary N) is 1. The number of amides is 2. The summed E-state index contributed by atoms with van der Waals surface area (Å²) < 4.78 is 59.7. The molecule has 7 nitrogen and oxygen atoms in total. The number of hydrogen-bond acceptors (Lipinski definition) is 4. The van der Waals surface area contributed by atoms with Crippen molar-refractivity contribution in [3.8, 4) is 0 Å². The van der Waals surface area contributed by atoms with E-state index in [-0.39, 0.29) is 35.1 Å². The van der Waals surface area contributed by atoms with Crippen LogP contribution in [0.25, 0.3) is 0 Å². The number of nitrogens with zero attached hydrogens (tertiary/aromatic N) is 2. The number of fused-ring (bicyclic) bond motifs is 1. The topological polar surface area (TPSA) is 90.0 Å². The Morgan fingerprint density at radius 1 is 1.03 bits per heavy atom. The van der Waals surface area contributed by atoms with Gasteiger partial charge in [0.25, 0.3) is 0 Å². The van der Waals surface area contributed by atoms with Crippen LogP contribution in [0.4, 0.5) is 22.0 Å². The minimum absolute atomic E-state index is 0.0177. The summed E-state index contributed by atoms with van der Waals surface area (Å²) >= 11 is 0. The van der Waals surface area contributed by atoms with Crippen LogP contribution < -0.4 is 5.32 Å². The molecule has 3 saturated heterocycles. The molecule has 1 aromatic rings. The molecule has 4 rings (SSSR count). The molecule has 0 radical (unpaired) electrons. The van der Waals surface area contributed by atoms with Crippen molar-refractivity contribution in [1.82, 2.24) is 15.1 Å². The summed E-state index contributed by atoms with van der Waals surface area (Å²) in [5.41, 5.74) is 0.231. The van der Waals surface area contributed by atoms with E-state index in [2.05, 4.69) is 31.0 Å². The standard InChI is InChI=1S/C21H27F2N3O2.C2HF3O2/c1-21(2,3)26-10-16(14-5-4-13(22)6-18(14)23)17(11-26)20(28)25-8-12-7-24-19(27)15(12)9-25;3-2(4,5)1(6)7/h4-6,12,15-17H,7-11H2,1-3H3,(H,24,27);(H,6,7). The fraction of sp³-hybridized carbons (Fsp3) is 0.609. The molecule has 4 atom stereocenters. The van der Waals surface area contributed by atoms with Crippen LogP contribution in [0.2, 0.25) is 0 Å². The van der Waals surface area contributed by atoms with Gasteiger partial charge in [0, 0.05) is 56.2 Å². The maximum Gasteiger partial charge on any atom is 0.490 e. The van der Waals surface area contributed by atoms with Crippen LogP contribution in [0.15, 0.2) is 18.2 Å². The van der Waals surface area contributed by atoms with Crippen molar-refractivity contribution in [3.05, 3.63) is 35.4 Å². The Kier molecular flexibility index (Phi) is 7.45. The summed E-state index contributed by atoms with van der Waals surface area (Å²) in [7, 11) is 0. The number of hydrogen-bond donors (Lipinski definition) is 2. The van der Waals surface area contributed by atoms with Crippen LogP contribution in [-0.2, 0) is 14.4 Å². The summed E-state index contributed by atoms with van der Waals surface area (Å²) in [5.74, 6) is -4.69. The number of rotatable bonds is 2. The average Bonchev–Trinajstić information content (AvgIpc) is 3.43. The van der Waals surface area contributed by atoms with Gasteiger partial charge in [-0.3, -0.25) is 14.5 Å². The van der Waals surface area contributed by atoms with Gasteiger partial charge in [-0.2, -0.15) is 13.2 Å². The molecule has 3 aliphatic heterocycles. The third kappa shape index (κ3) is 5.91. The monoisotopic (exact) mass is 505 g/mol. The predicted octanol–water partition coefficient (Wildman–Crippen LogP) is 2.62. The van der Waals surface area contributed by atoms with Gasteiger partial charge in [0.15, 0.2) is 0 Å². The molecule has 35 heavy (non-hydrogen) atoms. The second-order valence-corrected chi connectivity index (χ2v) is 10.1. The lowest BCUT2D eigenvalue weighted by Gasteiger charge is -2.32. The number of aliphatic carboxylic acids is 1. The predicted molar refractivity (Wildman–Crippen MR) is 114 cm³/mol. The minimum Gasteiger partial charge on any atom is -0.475 e. The lowest BCUT2D eigenvalue weighted by molar-refractivity contribution is -0.192. The molecular weight excluding hydrogens is 477 g/mol. The Balaban J connectivity index is 0.000000429. The quantitative estimate of drug-likeness (QED) is 0.604. The molecule has 0 spiro atoms. The third-order valence-corrected chi connectivity index (χ3v) is 6.82. The zero-order valence-corrected chi connectivity index (χ0v) is 19.5. The van der Waals surface area contributed by atoms with E-state index in [0.29, 0.717) is 38.3 Å². The van der Waals surface area contributed by atoms with Crippen molar-refractivity contribution >= 4 is 17.8 Å². The molecule has 0 bridgehead atoms. The molecule has 194 valence electrons. The Morgan fingerprint density at radius 2 is 1.66 bits per heavy atom. The van der Waals surface area contributed by atoms with Crippen LogP contribution in [0.3, 0.4) is 0 Å². The van der Waals surface area contributed by atoms with Crippen LogP contribution in [0, 0.1) is 29.4 Å². The van der Waals surface area contributed by atoms with Crippen molar-refractivity contribution in [3.63, 3.8) is 0 Å². The molecule has 2 N–H and O–H groups in total. The molecule has 3 fully saturated rings. The first-order valence-corrected chi connectivity index (χ1v) is 11.2. The molecular formula is C23H28F5N3O4. The van der Waals surface area contributed by atoms with Crippen molar-refractivity contribution in [2.24, 2.45) is 17.8 Å². The van der Waals surface area contributed by atoms with Crippen LogP contribution in [0.5, 0.6) is 0 Å². The molecule has 2 amide bonds. The zero-order chi connectivity index (χ0) is 26.3. The van der Waals surface area contributed by atoms with Gasteiger partial charge >= 0.3 is 12.1 Å². The Morgan fingerprint density at radius 3 is 2.17 bits per heavy atom. The highest BCUT2D eigenvalue weighted by atomic mass is 19.4. The number of carbonyl (C=O) groups is 3. The van der Waals surface area contributed by atoms with E-state index in [0.717, 1.165) is 6.07 Å². The van der Waals surface area contributed by atoms with Crippen molar-refractivity contribution in [2.75, 3.05) is 32.7 Å². The Bertz CT molecular complexity index is 994. The smallest absolute Gasteiger partial charge is 0.475 e. The van der Waals surface area contributed by atoms with E-state index in [4.69, 9.17) is 9.90 Å². The first-order chi connectivity index (χ1) is 16.1. The number of carbonyl (C=O) groups excluding carboxylic acids is 2. The van der Waals surface area contributed by atoms with Gasteiger partial charge in [-0.1, -0.05) is 6.07 Å². The SMILES string of the molecule is CC(C)(C)N1CC(C(=O)N2CC3CNC(=O)C3C2)C(c2ccc(F)cc2F)C1.O=C(O)C(F)(F)F. The normalized spacial score (nSPS) is 26.7. The number of carboxylic acids is 1. The van der Waals surface area contributed by atoms with Gasteiger partial charge in [0.2, 0.25) is 11.8 Å². The van der Waals surface area contributed by atoms with Gasteiger partial charge in [-0.05, 0) is 32.4 Å². The second-order valence-electron chi connectivity index (χ2n) is 10.1. The molecule has 0 aromatic heterocycles. The summed E-state index contributed by atoms with van der Waals surface area (Å²) in [5, 5.41) is 9.98. The molecule has 1 aromatic carbocycles. The molecule has 0 saturated carbocycles. The van der Waals surface area contributed by atoms with E-state index >= 15 is 0 Å². The molecule has 4 unspecified atom stereocenters. The largest absolute Gasteiger partial charge is 0.490 e. The summed E-state index contributed by atoms with van der Waals surface area (Å²) in [6, 6.07) is 3.61. The van der Waals surface area contributed by atoms with Crippen molar-refractivity contribution in [2.45, 2.75) is 38.4 Å². The average molecular weight is 505 g/mol. The fourth-order valence-corrected chi connectivity index (χ4v) is 4.87. The first kappa shape index (κ1) is 26.8. The number of benzene rings is 1. The van der Waals surface area contributed by atoms with E-state index in [1.165, 1.54) is 12.1 Å². The Hall–Kier alpha value is -2.76. The zero-order valence-electron chi connectivity index (χ0n) is 19.5. The highest BCUT2D eigenvalue weighted by molar-refractivity contribution is 5.85. The van der Waals surface area contributed by atoms with E-state index in [1.54, 1.807) is 4.90 Å². The van der Waals surface area contributed by atoms with Gasteiger partial charge in [-0.25, -0.2) is 13.6 Å². The van der Waals surface area contributed by atoms with Crippen LogP contribution >= 0.6 is 0 Å². The number of halogens is 5. The second kappa shape index (κ2) is 9.71. The minimum atomic E-state index is -5.08. The van der Waals surface area contributed by atoms with Crippen molar-refractivity contribution in [1.29, 1.82) is 0 Å². The molecule has 3 aliphatic rings. The maximum absolute atomic E-state index is 14.5. The lowest BCUT2D eigenvalue weighted by Crippen LogP contribution is -2.42. The lowest BCUT2D eigenvalue weighted by atomic mass is 9.87. The Labute approximate surface area is 199 Å². The van der Waals surface area contributed by atoms with Gasteiger partial charge in [0.1, 0.15) is 11.6 Å². The van der Waals surface area contributed by atoms with Gasteiger partial charge in [-0.15, -0.1) is 0 Å². The molecule has 0 aliphatic carbocycles. The van der Waals surface area contributed by atoms with Crippen LogP contribution in [-0.4, -0.2) is 77.1 Å². The first-order valence-electron chi connectivity index (χ1n) is 11.2. The highest BCUT2D eigenvalue weighted by Crippen LogP contribution is 2.40. The third-order valence-electron chi connectivity index (χ3n) is 6.82. The van der Waals surface area contributed by atoms with Gasteiger partial charge < -0.3 is 15.3 Å². The summed E-state index contributed by atoms with van der Waals surface area (Å²) in [6.45, 7) is 8.90. The van der Waals surface area contributed by atoms with E-state index in [1.807, 2.05) is 0 Å². The summed E-state index contributed by atoms with van der Waals surface area (Å²) in [4.78, 5) is 38.2. The van der Waals surface area contributed by atoms with E-state index in [9.17, 15) is 31.5 Å². The maximum atomic E-state index is 14.5. The number of carboxylic acid groups (broad SMARTS) is 1. The number of alkyl halides is 3. The molecule has 3 heterocycles. The van der Waals surface area contributed by atoms with Gasteiger partial charge in [0.05, 0.1) is 11.8 Å². The van der Waals surface area contributed by atoms with E-state index < -0.39 is 29.7 Å². The van der Waals surface area contributed by atoms with Crippen molar-refractivity contribution < 1.29 is 41.4 Å². The number of likely N-dealkylation sites (tertiary alicyclic amines) is 2. The molecule has 12 heteroatoms.